The normalized spacial score (nSPS) is 15.1. The monoisotopic (exact) mass is 603 g/mol. The molecule has 1 fully saturated rings. The summed E-state index contributed by atoms with van der Waals surface area (Å²) in [6.07, 6.45) is 2.21. The van der Waals surface area contributed by atoms with E-state index in [1.54, 1.807) is 11.8 Å². The van der Waals surface area contributed by atoms with Crippen molar-refractivity contribution in [3.63, 3.8) is 0 Å². The van der Waals surface area contributed by atoms with Crippen molar-refractivity contribution in [1.29, 1.82) is 0 Å². The Hall–Kier alpha value is -4.43. The van der Waals surface area contributed by atoms with Gasteiger partial charge in [0.05, 0.1) is 0 Å². The number of rotatable bonds is 9. The van der Waals surface area contributed by atoms with Crippen LogP contribution in [0.25, 0.3) is 27.8 Å². The average molecular weight is 604 g/mol. The lowest BCUT2D eigenvalue weighted by Crippen LogP contribution is -2.55. The Bertz CT molecular complexity index is 1750. The van der Waals surface area contributed by atoms with Crippen molar-refractivity contribution in [1.82, 2.24) is 24.6 Å². The third-order valence-electron chi connectivity index (χ3n) is 8.21. The fourth-order valence-corrected chi connectivity index (χ4v) is 6.69. The number of thioether (sulfide) groups is 1. The van der Waals surface area contributed by atoms with E-state index < -0.39 is 0 Å². The van der Waals surface area contributed by atoms with Crippen LogP contribution in [0, 0.1) is 6.92 Å². The molecule has 0 radical (unpaired) electrons. The Kier molecular flexibility index (Phi) is 9.07. The minimum Gasteiger partial charge on any atom is -0.339 e. The number of para-hydroxylation sites is 1. The third-order valence-corrected chi connectivity index (χ3v) is 9.23. The number of hydrogen-bond acceptors (Lipinski definition) is 5. The van der Waals surface area contributed by atoms with Crippen LogP contribution >= 0.6 is 11.8 Å². The second-order valence-electron chi connectivity index (χ2n) is 11.4. The van der Waals surface area contributed by atoms with Gasteiger partial charge in [0.25, 0.3) is 5.91 Å². The van der Waals surface area contributed by atoms with Crippen molar-refractivity contribution < 1.29 is 9.59 Å². The van der Waals surface area contributed by atoms with Crippen molar-refractivity contribution in [3.05, 3.63) is 108 Å². The van der Waals surface area contributed by atoms with Crippen LogP contribution in [0.15, 0.2) is 102 Å². The second kappa shape index (κ2) is 13.5. The summed E-state index contributed by atoms with van der Waals surface area (Å²) in [6, 6.07) is 32.4. The summed E-state index contributed by atoms with van der Waals surface area (Å²) in [5.41, 5.74) is 3.95. The van der Waals surface area contributed by atoms with E-state index in [4.69, 9.17) is 0 Å². The molecule has 1 aliphatic rings. The van der Waals surface area contributed by atoms with Gasteiger partial charge in [-0.2, -0.15) is 0 Å². The molecule has 6 rings (SSSR count). The van der Waals surface area contributed by atoms with Crippen LogP contribution in [0.4, 0.5) is 0 Å². The zero-order chi connectivity index (χ0) is 30.5. The van der Waals surface area contributed by atoms with E-state index in [2.05, 4.69) is 58.1 Å². The van der Waals surface area contributed by atoms with E-state index in [0.29, 0.717) is 31.6 Å². The van der Waals surface area contributed by atoms with Gasteiger partial charge in [0, 0.05) is 54.7 Å². The summed E-state index contributed by atoms with van der Waals surface area (Å²) in [7, 11) is 0. The number of carbonyl (C=O) groups excluding carboxylic acids is 2. The number of carbonyl (C=O) groups is 2. The van der Waals surface area contributed by atoms with Crippen molar-refractivity contribution in [2.75, 3.05) is 25.4 Å². The number of unbranched alkanes of at least 4 members (excludes halogenated alkanes) is 1. The quantitative estimate of drug-likeness (QED) is 0.134. The molecule has 0 bridgehead atoms. The molecule has 2 heterocycles. The predicted octanol–water partition coefficient (Wildman–Crippen LogP) is 7.03. The molecule has 2 amide bonds. The number of fused-ring (bicyclic) bond motifs is 1. The van der Waals surface area contributed by atoms with Gasteiger partial charge in [-0.05, 0) is 61.7 Å². The van der Waals surface area contributed by atoms with E-state index in [-0.39, 0.29) is 17.9 Å². The van der Waals surface area contributed by atoms with E-state index in [1.807, 2.05) is 77.4 Å². The molecule has 1 unspecified atom stereocenters. The molecule has 0 saturated carbocycles. The van der Waals surface area contributed by atoms with Crippen LogP contribution in [0.3, 0.4) is 0 Å². The first kappa shape index (κ1) is 29.6. The molecule has 0 spiro atoms. The SMILES string of the molecule is Cc1ccc(-c2nnc(SCCCCC(=O)N3CCN(C(=O)c4ccc5ccccc5c4)C(C)C3)n2-c2ccccc2)cc1. The fraction of sp³-hybridized carbons (Fsp3) is 0.278. The Morgan fingerprint density at radius 1 is 0.841 bits per heavy atom. The number of nitrogens with zero attached hydrogens (tertiary/aromatic N) is 5. The van der Waals surface area contributed by atoms with Crippen LogP contribution < -0.4 is 0 Å². The van der Waals surface area contributed by atoms with Gasteiger partial charge in [0.1, 0.15) is 0 Å². The molecule has 1 aromatic heterocycles. The maximum Gasteiger partial charge on any atom is 0.254 e. The topological polar surface area (TPSA) is 71.3 Å². The smallest absolute Gasteiger partial charge is 0.254 e. The number of amides is 2. The van der Waals surface area contributed by atoms with Gasteiger partial charge >= 0.3 is 0 Å². The Morgan fingerprint density at radius 3 is 2.36 bits per heavy atom. The highest BCUT2D eigenvalue weighted by Gasteiger charge is 2.30. The maximum atomic E-state index is 13.3. The van der Waals surface area contributed by atoms with E-state index in [1.165, 1.54) is 5.56 Å². The maximum absolute atomic E-state index is 13.3. The van der Waals surface area contributed by atoms with E-state index >= 15 is 0 Å². The molecule has 224 valence electrons. The zero-order valence-corrected chi connectivity index (χ0v) is 26.0. The van der Waals surface area contributed by atoms with Gasteiger partial charge in [-0.25, -0.2) is 0 Å². The Labute approximate surface area is 262 Å². The summed E-state index contributed by atoms with van der Waals surface area (Å²) < 4.78 is 2.11. The number of benzene rings is 4. The number of hydrogen-bond donors (Lipinski definition) is 0. The molecule has 1 saturated heterocycles. The zero-order valence-electron chi connectivity index (χ0n) is 25.2. The van der Waals surface area contributed by atoms with Crippen molar-refractivity contribution in [2.24, 2.45) is 0 Å². The first-order valence-corrected chi connectivity index (χ1v) is 16.2. The first-order valence-electron chi connectivity index (χ1n) is 15.3. The van der Waals surface area contributed by atoms with Crippen LogP contribution in [-0.2, 0) is 4.79 Å². The molecule has 5 aromatic rings. The highest BCUT2D eigenvalue weighted by Crippen LogP contribution is 2.29. The molecule has 7 nitrogen and oxygen atoms in total. The van der Waals surface area contributed by atoms with Crippen LogP contribution in [0.2, 0.25) is 0 Å². The van der Waals surface area contributed by atoms with Gasteiger partial charge in [-0.15, -0.1) is 10.2 Å². The summed E-state index contributed by atoms with van der Waals surface area (Å²) in [6.45, 7) is 5.79. The van der Waals surface area contributed by atoms with Crippen molar-refractivity contribution in [2.45, 2.75) is 44.3 Å². The molecule has 8 heteroatoms. The highest BCUT2D eigenvalue weighted by molar-refractivity contribution is 7.99. The lowest BCUT2D eigenvalue weighted by atomic mass is 10.0. The van der Waals surface area contributed by atoms with E-state index in [0.717, 1.165) is 51.6 Å². The van der Waals surface area contributed by atoms with Gasteiger partial charge in [-0.3, -0.25) is 14.2 Å². The predicted molar refractivity (Wildman–Crippen MR) is 177 cm³/mol. The summed E-state index contributed by atoms with van der Waals surface area (Å²) in [5, 5.41) is 12.1. The largest absolute Gasteiger partial charge is 0.339 e. The van der Waals surface area contributed by atoms with Crippen molar-refractivity contribution >= 4 is 34.3 Å². The second-order valence-corrected chi connectivity index (χ2v) is 12.5. The number of piperazine rings is 1. The fourth-order valence-electron chi connectivity index (χ4n) is 5.74. The number of aryl methyl sites for hydroxylation is 1. The molecule has 1 atom stereocenters. The minimum absolute atomic E-state index is 0.0289. The van der Waals surface area contributed by atoms with Gasteiger partial charge in [-0.1, -0.05) is 90.1 Å². The van der Waals surface area contributed by atoms with Gasteiger partial charge in [0.2, 0.25) is 5.91 Å². The lowest BCUT2D eigenvalue weighted by molar-refractivity contribution is -0.133. The van der Waals surface area contributed by atoms with Gasteiger partial charge in [0.15, 0.2) is 11.0 Å². The molecular formula is C36H37N5O2S. The summed E-state index contributed by atoms with van der Waals surface area (Å²) in [4.78, 5) is 30.2. The first-order chi connectivity index (χ1) is 21.5. The molecule has 44 heavy (non-hydrogen) atoms. The molecule has 1 aliphatic heterocycles. The van der Waals surface area contributed by atoms with Crippen LogP contribution in [0.5, 0.6) is 0 Å². The summed E-state index contributed by atoms with van der Waals surface area (Å²) in [5.74, 6) is 1.85. The average Bonchev–Trinajstić information content (AvgIpc) is 3.48. The Balaban J connectivity index is 1.00. The van der Waals surface area contributed by atoms with Crippen LogP contribution in [0.1, 0.15) is 42.1 Å². The third kappa shape index (κ3) is 6.55. The Morgan fingerprint density at radius 2 is 1.59 bits per heavy atom. The molecule has 0 aliphatic carbocycles. The van der Waals surface area contributed by atoms with Gasteiger partial charge < -0.3 is 9.80 Å². The minimum atomic E-state index is -0.0331. The molecular weight excluding hydrogens is 566 g/mol. The molecule has 4 aromatic carbocycles. The van der Waals surface area contributed by atoms with E-state index in [9.17, 15) is 9.59 Å². The lowest BCUT2D eigenvalue weighted by Gasteiger charge is -2.40. The number of aromatic nitrogens is 3. The summed E-state index contributed by atoms with van der Waals surface area (Å²) >= 11 is 1.67. The highest BCUT2D eigenvalue weighted by atomic mass is 32.2. The van der Waals surface area contributed by atoms with Crippen molar-refractivity contribution in [3.8, 4) is 17.1 Å². The standard InChI is InChI=1S/C36H37N5O2S/c1-26-15-17-29(18-16-26)34-37-38-36(41(34)32-12-4-3-5-13-32)44-23-9-8-14-33(42)39-21-22-40(27(2)25-39)35(43)31-20-19-28-10-6-7-11-30(28)24-31/h3-7,10-13,15-20,24,27H,8-9,14,21-23,25H2,1-2H3. The van der Waals surface area contributed by atoms with Crippen LogP contribution in [-0.4, -0.2) is 67.8 Å². The molecule has 0 N–H and O–H groups in total.